The fourth-order valence-corrected chi connectivity index (χ4v) is 12.3. The lowest BCUT2D eigenvalue weighted by atomic mass is 10.2. The van der Waals surface area contributed by atoms with Gasteiger partial charge < -0.3 is 99.9 Å². The summed E-state index contributed by atoms with van der Waals surface area (Å²) >= 11 is 18.6. The lowest BCUT2D eigenvalue weighted by Crippen LogP contribution is -2.12. The molecular weight excluding hydrogens is 1840 g/mol. The first-order chi connectivity index (χ1) is 63.3. The van der Waals surface area contributed by atoms with E-state index in [2.05, 4.69) is 111 Å². The van der Waals surface area contributed by atoms with Crippen LogP contribution in [-0.2, 0) is 77.1 Å². The van der Waals surface area contributed by atoms with Crippen molar-refractivity contribution in [3.05, 3.63) is 310 Å². The zero-order chi connectivity index (χ0) is 93.0. The molecule has 7 aromatic heterocycles. The molecule has 700 valence electrons. The van der Waals surface area contributed by atoms with Crippen LogP contribution in [0.25, 0.3) is 0 Å². The van der Waals surface area contributed by atoms with Crippen molar-refractivity contribution >= 4 is 81.3 Å². The number of aliphatic hydroxyl groups excluding tert-OH is 1. The second-order valence-electron chi connectivity index (χ2n) is 26.2. The maximum Gasteiger partial charge on any atom is 0.211 e. The number of rotatable bonds is 22. The molecule has 129 heavy (non-hydrogen) atoms. The quantitative estimate of drug-likeness (QED) is 0.0362. The number of aromatic hydroxyl groups is 1. The van der Waals surface area contributed by atoms with Crippen LogP contribution in [0, 0.1) is 0 Å². The predicted octanol–water partition coefficient (Wildman–Crippen LogP) is 21.9. The number of nitrogens with zero attached hydrogens (tertiary/aromatic N) is 12. The van der Waals surface area contributed by atoms with Crippen LogP contribution < -0.4 is 33.2 Å². The van der Waals surface area contributed by atoms with Crippen molar-refractivity contribution in [3.63, 3.8) is 0 Å². The van der Waals surface area contributed by atoms with Gasteiger partial charge in [-0.25, -0.2) is 39.1 Å². The van der Waals surface area contributed by atoms with Crippen LogP contribution in [0.15, 0.2) is 269 Å². The monoisotopic (exact) mass is 1960 g/mol. The third-order valence-electron chi connectivity index (χ3n) is 17.8. The van der Waals surface area contributed by atoms with Gasteiger partial charge in [-0.15, -0.1) is 34.8 Å². The van der Waals surface area contributed by atoms with E-state index in [9.17, 15) is 0 Å². The molecule has 0 bridgehead atoms. The van der Waals surface area contributed by atoms with Crippen molar-refractivity contribution in [2.75, 3.05) is 66.8 Å². The first-order valence-electron chi connectivity index (χ1n) is 41.8. The summed E-state index contributed by atoms with van der Waals surface area (Å²) in [5, 5.41) is 18.9. The third-order valence-corrected chi connectivity index (χ3v) is 18.6. The number of ether oxygens (including phenoxy) is 12. The van der Waals surface area contributed by atoms with Crippen LogP contribution in [0.4, 0.5) is 0 Å². The molecule has 18 rings (SSSR count). The fourth-order valence-electron chi connectivity index (χ4n) is 11.8. The second-order valence-corrected chi connectivity index (χ2v) is 30.4. The van der Waals surface area contributed by atoms with Crippen LogP contribution in [0.1, 0.15) is 151 Å². The van der Waals surface area contributed by atoms with Crippen molar-refractivity contribution in [1.82, 2.24) is 67.7 Å². The molecule has 0 spiro atoms. The summed E-state index contributed by atoms with van der Waals surface area (Å²) in [5.74, 6) is 10.2. The lowest BCUT2D eigenvalue weighted by molar-refractivity contribution is 0.0510. The molecule has 0 radical (unpaired) electrons. The minimum absolute atomic E-state index is 0.0210. The lowest BCUT2D eigenvalue weighted by Gasteiger charge is -2.15. The summed E-state index contributed by atoms with van der Waals surface area (Å²) in [6.45, 7) is 14.3. The number of halogens is 6. The average Bonchev–Trinajstić information content (AvgIpc) is 1.69. The number of hydrogen-bond acceptors (Lipinski definition) is 22. The number of aliphatic hydroxyl groups is 1. The molecule has 12 heterocycles. The normalized spacial score (nSPS) is 14.8. The molecule has 36 heteroatoms. The van der Waals surface area contributed by atoms with Gasteiger partial charge in [0.05, 0.1) is 65.2 Å². The summed E-state index contributed by atoms with van der Waals surface area (Å²) in [6, 6.07) is 49.9. The first kappa shape index (κ1) is 109. The van der Waals surface area contributed by atoms with Crippen LogP contribution >= 0.6 is 72.1 Å². The number of aromatic amines is 2. The Morgan fingerprint density at radius 2 is 0.922 bits per heavy atom. The summed E-state index contributed by atoms with van der Waals surface area (Å²) in [6.07, 6.45) is 43.0. The topological polar surface area (TPSA) is 315 Å². The molecule has 6 aromatic carbocycles. The molecule has 4 saturated heterocycles. The number of H-pyrrole nitrogens is 2. The van der Waals surface area contributed by atoms with Crippen LogP contribution in [0.2, 0.25) is 0 Å². The maximum absolute atomic E-state index is 9.09. The van der Waals surface area contributed by atoms with E-state index in [1.165, 1.54) is 17.5 Å². The summed E-state index contributed by atoms with van der Waals surface area (Å²) in [4.78, 5) is 34.3. The molecule has 4 fully saturated rings. The number of nitrogens with one attached hydrogen (secondary N) is 2. The van der Waals surface area contributed by atoms with Crippen LogP contribution in [-0.4, -0.2) is 149 Å². The van der Waals surface area contributed by atoms with Gasteiger partial charge in [0, 0.05) is 177 Å². The Hall–Kier alpha value is -10.4. The maximum atomic E-state index is 9.09. The predicted molar refractivity (Wildman–Crippen MR) is 511 cm³/mol. The highest BCUT2D eigenvalue weighted by atomic mass is 79.9. The number of hydrogen-bond donors (Lipinski definition) is 4. The number of phenols is 1. The van der Waals surface area contributed by atoms with Gasteiger partial charge in [0.25, 0.3) is 0 Å². The Kier molecular flexibility index (Phi) is 58.9. The van der Waals surface area contributed by atoms with Gasteiger partial charge in [-0.2, -0.15) is 0 Å². The van der Waals surface area contributed by atoms with Crippen molar-refractivity contribution in [2.24, 2.45) is 0 Å². The number of aromatic nitrogens is 14. The number of phenolic OH excluding ortho intramolecular Hbond substituents is 1. The molecule has 0 saturated carbocycles. The van der Waals surface area contributed by atoms with Crippen molar-refractivity contribution in [3.8, 4) is 46.0 Å². The highest BCUT2D eigenvalue weighted by Crippen LogP contribution is 2.29. The van der Waals surface area contributed by atoms with Gasteiger partial charge in [-0.05, 0) is 117 Å². The number of imidazole rings is 7. The average molecular weight is 1960 g/mol. The number of alkyl halides is 4. The Labute approximate surface area is 791 Å². The highest BCUT2D eigenvalue weighted by Gasteiger charge is 2.22. The zero-order valence-electron chi connectivity index (χ0n) is 74.0. The van der Waals surface area contributed by atoms with Crippen LogP contribution in [0.5, 0.6) is 46.0 Å². The van der Waals surface area contributed by atoms with E-state index in [1.807, 2.05) is 192 Å². The van der Waals surface area contributed by atoms with Crippen LogP contribution in [0.3, 0.4) is 0 Å². The van der Waals surface area contributed by atoms with Gasteiger partial charge in [0.2, 0.25) is 9.23 Å². The number of methoxy groups -OCH3 is 4. The third kappa shape index (κ3) is 45.1. The molecule has 4 unspecified atom stereocenters. The van der Waals surface area contributed by atoms with E-state index >= 15 is 0 Å². The SMILES string of the molecule is BrCc1ccccc1.C1=COCC1.CC.CC.COc1cccc(O)c1.COc1cccc(OCc2ncc[nH]2)c1.COc1cccc(OCc2nccn2C2CCCO2)c1.COc1cccc(OCc2nccn2Cc2ccccc2)c1.ClCCl.ClCc1nccn1C1CCCO1.O=S(Cl)Cl.OCc1nccn1C1CCCO1.c1c[nH]cn1.c1cn(C2CCCO2)cn1. The molecule has 4 atom stereocenters. The Morgan fingerprint density at radius 1 is 0.481 bits per heavy atom. The van der Waals surface area contributed by atoms with Crippen molar-refractivity contribution in [2.45, 2.75) is 155 Å². The Bertz CT molecular complexity index is 4810. The zero-order valence-corrected chi connectivity index (χ0v) is 80.2. The smallest absolute Gasteiger partial charge is 0.211 e. The number of benzene rings is 6. The second kappa shape index (κ2) is 69.6. The summed E-state index contributed by atoms with van der Waals surface area (Å²) in [5.41, 5.74) is 2.57. The summed E-state index contributed by atoms with van der Waals surface area (Å²) in [7, 11) is 13.8. The van der Waals surface area contributed by atoms with Gasteiger partial charge >= 0.3 is 0 Å². The Morgan fingerprint density at radius 3 is 1.30 bits per heavy atom. The fraction of sp³-hybridized carbons (Fsp3) is 0.366. The molecule has 4 N–H and O–H groups in total. The van der Waals surface area contributed by atoms with E-state index in [1.54, 1.807) is 127 Å². The molecule has 5 aliphatic rings. The highest BCUT2D eigenvalue weighted by molar-refractivity contribution is 9.08. The van der Waals surface area contributed by atoms with Gasteiger partial charge in [0.1, 0.15) is 126 Å². The van der Waals surface area contributed by atoms with E-state index in [0.717, 1.165) is 154 Å². The van der Waals surface area contributed by atoms with Gasteiger partial charge in [-0.1, -0.05) is 129 Å². The van der Waals surface area contributed by atoms with Crippen molar-refractivity contribution in [1.29, 1.82) is 0 Å². The minimum Gasteiger partial charge on any atom is -0.508 e. The largest absolute Gasteiger partial charge is 0.508 e. The molecular formula is C93H120BrCl5N14O15S. The molecule has 29 nitrogen and oxygen atoms in total. The molecule has 13 aromatic rings. The van der Waals surface area contributed by atoms with E-state index in [-0.39, 0.29) is 42.6 Å². The molecule has 5 aliphatic heterocycles. The Balaban J connectivity index is 0.000000257. The minimum atomic E-state index is -1.67. The van der Waals surface area contributed by atoms with Gasteiger partial charge in [0.15, 0.2) is 0 Å². The standard InChI is InChI=1S/C18H18N2O2.C15H18N2O3.C11H12N2O2.C8H11ClN2O.C8H12N2O2.C7H7Br.C7H10N2O.C7H8O2.C4H6O.C3H4N2.2C2H6.CH2Cl2.Cl2OS/c1-21-16-8-5-9-17(12-16)22-14-18-19-10-11-20(18)13-15-6-3-2-4-7-15;1-18-12-4-2-5-13(10-12)20-11-14-16-7-8-17(14)15-6-3-9-19-15;1-14-9-3-2-4-10(7-9)15-8-11-12-5-6-13-11;9-6-7-10-3-4-11(7)8-2-1-5-12-8;11-6-7-9-3-4-10(7)8-2-1-5-12-8;8-6-7-4-2-1-3-5-7;1-2-7(10-5-1)9-4-3-8-6-9;1-9-7-4-2-3-6(8)5-7;1-2-4-5-3-1;1-2-5-3-4-1;2*1-2;2-1-3;1-4(2)3/h2-12H,13-14H2,1H3;2,4-5,7-8,10,15H,3,6,9,11H2,1H3;2-7H,8H2,1H3,(H,12,13);3-4,8H,1-2,5-6H2;3-4,8,11H,1-2,5-6H2;1-5H,6H2;3-4,6-7H,1-2,5H2;2-5,8H,1H3;1,3H,2,4H2;1-3H,(H,4,5);2*1-2H3;1H2;. The van der Waals surface area contributed by atoms with E-state index < -0.39 is 9.23 Å². The van der Waals surface area contributed by atoms with Gasteiger partial charge in [-0.3, -0.25) is 0 Å². The van der Waals surface area contributed by atoms with E-state index in [4.69, 9.17) is 106 Å². The molecule has 0 amide bonds. The molecule has 0 aliphatic carbocycles. The summed E-state index contributed by atoms with van der Waals surface area (Å²) < 4.78 is 83.4. The first-order valence-corrected chi connectivity index (χ1v) is 47.3. The van der Waals surface area contributed by atoms with Crippen molar-refractivity contribution < 1.29 is 71.3 Å². The van der Waals surface area contributed by atoms with E-state index in [0.29, 0.717) is 37.3 Å².